The Morgan fingerprint density at radius 3 is 2.63 bits per heavy atom. The van der Waals surface area contributed by atoms with Crippen molar-refractivity contribution in [3.05, 3.63) is 47.0 Å². The molecule has 0 radical (unpaired) electrons. The van der Waals surface area contributed by atoms with Crippen LogP contribution in [0.15, 0.2) is 36.4 Å². The molecular formula is C29H32ClN5O6. The van der Waals surface area contributed by atoms with Gasteiger partial charge in [-0.1, -0.05) is 17.7 Å². The van der Waals surface area contributed by atoms with Gasteiger partial charge in [-0.2, -0.15) is 9.94 Å². The molecule has 1 saturated heterocycles. The first-order valence-electron chi connectivity index (χ1n) is 13.2. The van der Waals surface area contributed by atoms with E-state index in [1.165, 1.54) is 12.0 Å². The molecule has 2 heterocycles. The van der Waals surface area contributed by atoms with Gasteiger partial charge in [0.15, 0.2) is 5.82 Å². The topological polar surface area (TPSA) is 136 Å². The number of amides is 2. The molecule has 1 aromatic heterocycles. The fourth-order valence-corrected chi connectivity index (χ4v) is 4.74. The molecule has 1 fully saturated rings. The maximum atomic E-state index is 13.4. The zero-order valence-electron chi connectivity index (χ0n) is 23.4. The van der Waals surface area contributed by atoms with Crippen LogP contribution in [-0.4, -0.2) is 71.8 Å². The molecule has 1 aliphatic heterocycles. The summed E-state index contributed by atoms with van der Waals surface area (Å²) in [5, 5.41) is 17.5. The van der Waals surface area contributed by atoms with Gasteiger partial charge in [-0.15, -0.1) is 5.10 Å². The summed E-state index contributed by atoms with van der Waals surface area (Å²) in [6.07, 6.45) is 0.00385. The Kier molecular flexibility index (Phi) is 9.15. The first-order chi connectivity index (χ1) is 19.5. The molecule has 0 aliphatic carbocycles. The third-order valence-electron chi connectivity index (χ3n) is 6.46. The number of rotatable bonds is 6. The fourth-order valence-electron chi connectivity index (χ4n) is 4.51. The second-order valence-electron chi connectivity index (χ2n) is 10.7. The second kappa shape index (κ2) is 12.6. The monoisotopic (exact) mass is 581 g/mol. The van der Waals surface area contributed by atoms with Crippen molar-refractivity contribution in [1.82, 2.24) is 14.7 Å². The Morgan fingerprint density at radius 2 is 1.93 bits per heavy atom. The van der Waals surface area contributed by atoms with Gasteiger partial charge in [-0.25, -0.2) is 9.59 Å². The van der Waals surface area contributed by atoms with E-state index in [0.29, 0.717) is 52.0 Å². The molecule has 12 heteroatoms. The molecule has 2 amide bonds. The maximum absolute atomic E-state index is 13.4. The smallest absolute Gasteiger partial charge is 0.435 e. The number of methoxy groups -OCH3 is 1. The van der Waals surface area contributed by atoms with Crippen molar-refractivity contribution in [2.24, 2.45) is 5.92 Å². The number of hydrogen-bond donors (Lipinski definition) is 1. The van der Waals surface area contributed by atoms with Gasteiger partial charge in [0, 0.05) is 36.2 Å². The standard InChI is InChI=1S/C29H32ClN5O6/c1-29(2,3)41-27(37)34-11-5-6-20(17-34)26(36)32-25-22-15-19(21-14-18(16-31)7-9-23(21)30)8-10-24(22)35(33-25)28(38)40-13-12-39-4/h7-10,14-15,20H,5-6,11-13,17H2,1-4H3,(H,32,33,36). The normalized spacial score (nSPS) is 15.3. The van der Waals surface area contributed by atoms with Gasteiger partial charge in [0.2, 0.25) is 5.91 Å². The number of fused-ring (bicyclic) bond motifs is 1. The highest BCUT2D eigenvalue weighted by atomic mass is 35.5. The summed E-state index contributed by atoms with van der Waals surface area (Å²) >= 11 is 6.44. The molecular weight excluding hydrogens is 550 g/mol. The minimum absolute atomic E-state index is 0.0234. The van der Waals surface area contributed by atoms with Crippen LogP contribution in [0.5, 0.6) is 0 Å². The van der Waals surface area contributed by atoms with Crippen molar-refractivity contribution in [2.75, 3.05) is 38.7 Å². The highest BCUT2D eigenvalue weighted by Gasteiger charge is 2.32. The number of carbonyl (C=O) groups is 3. The number of likely N-dealkylation sites (tertiary alicyclic amines) is 1. The van der Waals surface area contributed by atoms with Crippen LogP contribution < -0.4 is 5.32 Å². The van der Waals surface area contributed by atoms with Crippen LogP contribution in [0.2, 0.25) is 5.02 Å². The van der Waals surface area contributed by atoms with Gasteiger partial charge in [0.25, 0.3) is 0 Å². The van der Waals surface area contributed by atoms with Gasteiger partial charge in [0.05, 0.1) is 29.7 Å². The van der Waals surface area contributed by atoms with Gasteiger partial charge in [-0.05, 0) is 69.5 Å². The lowest BCUT2D eigenvalue weighted by Gasteiger charge is -2.33. The number of nitriles is 1. The predicted octanol–water partition coefficient (Wildman–Crippen LogP) is 5.45. The lowest BCUT2D eigenvalue weighted by Crippen LogP contribution is -2.45. The number of piperidine rings is 1. The van der Waals surface area contributed by atoms with Crippen LogP contribution >= 0.6 is 11.6 Å². The summed E-state index contributed by atoms with van der Waals surface area (Å²) in [7, 11) is 1.49. The summed E-state index contributed by atoms with van der Waals surface area (Å²) in [6, 6.07) is 12.2. The number of ether oxygens (including phenoxy) is 3. The van der Waals surface area contributed by atoms with Crippen molar-refractivity contribution >= 4 is 46.4 Å². The summed E-state index contributed by atoms with van der Waals surface area (Å²) in [4.78, 5) is 40.4. The number of carbonyl (C=O) groups excluding carboxylic acids is 3. The van der Waals surface area contributed by atoms with E-state index >= 15 is 0 Å². The number of aromatic nitrogens is 2. The van der Waals surface area contributed by atoms with E-state index in [1.807, 2.05) is 0 Å². The summed E-state index contributed by atoms with van der Waals surface area (Å²) in [5.74, 6) is -0.694. The minimum Gasteiger partial charge on any atom is -0.445 e. The van der Waals surface area contributed by atoms with Gasteiger partial charge in [0.1, 0.15) is 12.2 Å². The molecule has 216 valence electrons. The molecule has 3 aromatic rings. The third kappa shape index (κ3) is 7.14. The molecule has 0 spiro atoms. The largest absolute Gasteiger partial charge is 0.445 e. The Labute approximate surface area is 242 Å². The van der Waals surface area contributed by atoms with E-state index in [9.17, 15) is 19.6 Å². The molecule has 2 aromatic carbocycles. The lowest BCUT2D eigenvalue weighted by molar-refractivity contribution is -0.121. The van der Waals surface area contributed by atoms with Crippen LogP contribution in [0.25, 0.3) is 22.0 Å². The van der Waals surface area contributed by atoms with Crippen LogP contribution in [-0.2, 0) is 19.0 Å². The lowest BCUT2D eigenvalue weighted by atomic mass is 9.97. The molecule has 4 rings (SSSR count). The van der Waals surface area contributed by atoms with Crippen molar-refractivity contribution in [3.63, 3.8) is 0 Å². The predicted molar refractivity (Wildman–Crippen MR) is 153 cm³/mol. The highest BCUT2D eigenvalue weighted by Crippen LogP contribution is 2.34. The van der Waals surface area contributed by atoms with Crippen LogP contribution in [0.4, 0.5) is 15.4 Å². The SMILES string of the molecule is COCCOC(=O)n1nc(NC(=O)C2CCCN(C(=O)OC(C)(C)C)C2)c2cc(-c3cc(C#N)ccc3Cl)ccc21. The van der Waals surface area contributed by atoms with Crippen LogP contribution in [0, 0.1) is 17.2 Å². The molecule has 1 unspecified atom stereocenters. The molecule has 1 atom stereocenters. The first kappa shape index (κ1) is 29.8. The number of halogens is 1. The molecule has 0 saturated carbocycles. The Morgan fingerprint density at radius 1 is 1.15 bits per heavy atom. The summed E-state index contributed by atoms with van der Waals surface area (Å²) < 4.78 is 16.8. The molecule has 1 aliphatic rings. The van der Waals surface area contributed by atoms with Crippen LogP contribution in [0.1, 0.15) is 39.2 Å². The van der Waals surface area contributed by atoms with E-state index in [1.54, 1.807) is 57.2 Å². The number of nitrogens with zero attached hydrogens (tertiary/aromatic N) is 4. The molecule has 41 heavy (non-hydrogen) atoms. The van der Waals surface area contributed by atoms with Gasteiger partial charge < -0.3 is 24.4 Å². The maximum Gasteiger partial charge on any atom is 0.435 e. The Hall–Kier alpha value is -4.14. The number of anilines is 1. The zero-order valence-corrected chi connectivity index (χ0v) is 24.2. The summed E-state index contributed by atoms with van der Waals surface area (Å²) in [5.41, 5.74) is 1.46. The number of hydrogen-bond acceptors (Lipinski definition) is 8. The fraction of sp³-hybridized carbons (Fsp3) is 0.414. The van der Waals surface area contributed by atoms with Crippen molar-refractivity contribution < 1.29 is 28.6 Å². The third-order valence-corrected chi connectivity index (χ3v) is 6.79. The number of nitrogens with one attached hydrogen (secondary N) is 1. The quantitative estimate of drug-likeness (QED) is 0.380. The van der Waals surface area contributed by atoms with E-state index in [-0.39, 0.29) is 31.5 Å². The number of benzene rings is 2. The minimum atomic E-state index is -0.737. The van der Waals surface area contributed by atoms with E-state index in [2.05, 4.69) is 16.5 Å². The highest BCUT2D eigenvalue weighted by molar-refractivity contribution is 6.33. The van der Waals surface area contributed by atoms with E-state index in [4.69, 9.17) is 25.8 Å². The van der Waals surface area contributed by atoms with Crippen molar-refractivity contribution in [3.8, 4) is 17.2 Å². The first-order valence-corrected chi connectivity index (χ1v) is 13.6. The zero-order chi connectivity index (χ0) is 29.7. The summed E-state index contributed by atoms with van der Waals surface area (Å²) in [6.45, 7) is 6.30. The van der Waals surface area contributed by atoms with Gasteiger partial charge >= 0.3 is 12.2 Å². The Bertz CT molecular complexity index is 1510. The van der Waals surface area contributed by atoms with E-state index in [0.717, 1.165) is 4.68 Å². The molecule has 11 nitrogen and oxygen atoms in total. The average Bonchev–Trinajstić information content (AvgIpc) is 3.30. The molecule has 0 bridgehead atoms. The van der Waals surface area contributed by atoms with Crippen molar-refractivity contribution in [2.45, 2.75) is 39.2 Å². The Balaban J connectivity index is 1.66. The molecule has 1 N–H and O–H groups in total. The average molecular weight is 582 g/mol. The van der Waals surface area contributed by atoms with Crippen molar-refractivity contribution in [1.29, 1.82) is 5.26 Å². The van der Waals surface area contributed by atoms with Gasteiger partial charge in [-0.3, -0.25) is 4.79 Å². The second-order valence-corrected chi connectivity index (χ2v) is 11.1. The van der Waals surface area contributed by atoms with E-state index < -0.39 is 23.7 Å². The van der Waals surface area contributed by atoms with Crippen LogP contribution in [0.3, 0.4) is 0 Å².